The van der Waals surface area contributed by atoms with E-state index in [1.54, 1.807) is 30.0 Å². The second kappa shape index (κ2) is 14.6. The number of aliphatic hydroxyl groups excluding tert-OH is 1. The number of morpholine rings is 1. The average molecular weight is 621 g/mol. The van der Waals surface area contributed by atoms with E-state index in [0.29, 0.717) is 43.2 Å². The van der Waals surface area contributed by atoms with Crippen molar-refractivity contribution in [3.05, 3.63) is 53.8 Å². The predicted octanol–water partition coefficient (Wildman–Crippen LogP) is 1.96. The number of benzene rings is 2. The molecule has 43 heavy (non-hydrogen) atoms. The summed E-state index contributed by atoms with van der Waals surface area (Å²) in [5, 5.41) is 12.8. The Morgan fingerprint density at radius 1 is 1.19 bits per heavy atom. The second-order valence-electron chi connectivity index (χ2n) is 11.2. The number of ether oxygens (including phenoxy) is 2. The van der Waals surface area contributed by atoms with Gasteiger partial charge in [-0.3, -0.25) is 14.5 Å². The third-order valence-electron chi connectivity index (χ3n) is 7.92. The summed E-state index contributed by atoms with van der Waals surface area (Å²) < 4.78 is 52.9. The fraction of sp³-hybridized carbons (Fsp3) is 0.533. The lowest BCUT2D eigenvalue weighted by atomic mass is 10.0. The smallest absolute Gasteiger partial charge is 0.242 e. The highest BCUT2D eigenvalue weighted by atomic mass is 32.2. The van der Waals surface area contributed by atoms with E-state index in [0.717, 1.165) is 29.5 Å². The van der Waals surface area contributed by atoms with Crippen LogP contribution in [0.2, 0.25) is 0 Å². The van der Waals surface area contributed by atoms with Crippen LogP contribution in [0.4, 0.5) is 10.1 Å². The highest BCUT2D eigenvalue weighted by Crippen LogP contribution is 2.30. The fourth-order valence-electron chi connectivity index (χ4n) is 5.17. The summed E-state index contributed by atoms with van der Waals surface area (Å²) in [6, 6.07) is 9.22. The number of sulfonamides is 1. The van der Waals surface area contributed by atoms with Gasteiger partial charge in [-0.2, -0.15) is 4.31 Å². The molecule has 2 aromatic carbocycles. The normalized spacial score (nSPS) is 20.9. The lowest BCUT2D eigenvalue weighted by Gasteiger charge is -2.33. The number of amides is 2. The van der Waals surface area contributed by atoms with Gasteiger partial charge in [0.2, 0.25) is 21.8 Å². The molecule has 0 saturated carbocycles. The Morgan fingerprint density at radius 3 is 2.56 bits per heavy atom. The first kappa shape index (κ1) is 32.8. The molecule has 0 radical (unpaired) electrons. The molecule has 0 unspecified atom stereocenters. The number of halogens is 1. The Morgan fingerprint density at radius 2 is 1.88 bits per heavy atom. The van der Waals surface area contributed by atoms with Gasteiger partial charge in [-0.25, -0.2) is 12.8 Å². The molecule has 1 saturated heterocycles. The number of carbonyl (C=O) groups is 2. The van der Waals surface area contributed by atoms with Crippen molar-refractivity contribution in [1.82, 2.24) is 14.1 Å². The van der Waals surface area contributed by atoms with Gasteiger partial charge in [0.05, 0.1) is 43.7 Å². The van der Waals surface area contributed by atoms with Crippen molar-refractivity contribution in [3.8, 4) is 5.75 Å². The van der Waals surface area contributed by atoms with Crippen LogP contribution in [0.5, 0.6) is 5.75 Å². The Kier molecular flexibility index (Phi) is 11.1. The number of fused-ring (bicyclic) bond motifs is 1. The summed E-state index contributed by atoms with van der Waals surface area (Å²) in [6.07, 6.45) is -0.393. The van der Waals surface area contributed by atoms with Gasteiger partial charge in [-0.05, 0) is 49.4 Å². The molecule has 0 aliphatic carbocycles. The van der Waals surface area contributed by atoms with Crippen LogP contribution < -0.4 is 10.1 Å². The summed E-state index contributed by atoms with van der Waals surface area (Å²) in [5.74, 6) is -0.836. The van der Waals surface area contributed by atoms with Crippen LogP contribution in [0.25, 0.3) is 0 Å². The minimum Gasteiger partial charge on any atom is -0.488 e. The summed E-state index contributed by atoms with van der Waals surface area (Å²) in [6.45, 7) is 7.04. The number of rotatable bonds is 10. The molecule has 2 aromatic rings. The molecule has 11 nitrogen and oxygen atoms in total. The van der Waals surface area contributed by atoms with E-state index in [1.165, 1.54) is 19.2 Å². The molecule has 2 heterocycles. The van der Waals surface area contributed by atoms with Gasteiger partial charge < -0.3 is 24.8 Å². The Balaban J connectivity index is 1.56. The van der Waals surface area contributed by atoms with E-state index in [2.05, 4.69) is 10.2 Å². The predicted molar refractivity (Wildman–Crippen MR) is 159 cm³/mol. The maximum Gasteiger partial charge on any atom is 0.242 e. The molecular formula is C30H41FN4O7S. The summed E-state index contributed by atoms with van der Waals surface area (Å²) in [5.41, 5.74) is 1.05. The van der Waals surface area contributed by atoms with Crippen molar-refractivity contribution >= 4 is 27.5 Å². The number of hydrogen-bond acceptors (Lipinski definition) is 8. The number of carbonyl (C=O) groups excluding carboxylic acids is 2. The zero-order chi connectivity index (χ0) is 31.1. The van der Waals surface area contributed by atoms with E-state index >= 15 is 0 Å². The van der Waals surface area contributed by atoms with Crippen molar-refractivity contribution in [2.75, 3.05) is 64.9 Å². The zero-order valence-corrected chi connectivity index (χ0v) is 25.7. The number of aliphatic hydroxyl groups is 1. The van der Waals surface area contributed by atoms with Crippen LogP contribution in [0, 0.1) is 11.7 Å². The molecule has 0 aromatic heterocycles. The van der Waals surface area contributed by atoms with Gasteiger partial charge in [-0.1, -0.05) is 6.92 Å². The van der Waals surface area contributed by atoms with Gasteiger partial charge in [0.1, 0.15) is 17.7 Å². The second-order valence-corrected chi connectivity index (χ2v) is 13.2. The van der Waals surface area contributed by atoms with E-state index < -0.39 is 28.0 Å². The van der Waals surface area contributed by atoms with E-state index in [1.807, 2.05) is 6.92 Å². The van der Waals surface area contributed by atoms with Gasteiger partial charge >= 0.3 is 0 Å². The molecule has 236 valence electrons. The van der Waals surface area contributed by atoms with Crippen LogP contribution in [0.1, 0.15) is 25.8 Å². The van der Waals surface area contributed by atoms with Gasteiger partial charge in [0, 0.05) is 56.8 Å². The molecule has 0 bridgehead atoms. The maximum absolute atomic E-state index is 13.5. The topological polar surface area (TPSA) is 129 Å². The quantitative estimate of drug-likeness (QED) is 0.413. The molecule has 3 atom stereocenters. The minimum absolute atomic E-state index is 0.0275. The Hall–Kier alpha value is -3.10. The minimum atomic E-state index is -3.96. The van der Waals surface area contributed by atoms with E-state index in [-0.39, 0.29) is 48.7 Å². The van der Waals surface area contributed by atoms with Crippen LogP contribution >= 0.6 is 0 Å². The molecule has 2 aliphatic heterocycles. The molecule has 13 heteroatoms. The Bertz CT molecular complexity index is 1370. The summed E-state index contributed by atoms with van der Waals surface area (Å²) in [4.78, 5) is 29.9. The molecule has 2 N–H and O–H groups in total. The Labute approximate surface area is 252 Å². The monoisotopic (exact) mass is 620 g/mol. The van der Waals surface area contributed by atoms with Crippen molar-refractivity contribution in [1.29, 1.82) is 0 Å². The lowest BCUT2D eigenvalue weighted by Crippen LogP contribution is -2.48. The van der Waals surface area contributed by atoms with Gasteiger partial charge in [0.25, 0.3) is 0 Å². The van der Waals surface area contributed by atoms with Crippen LogP contribution in [0.15, 0.2) is 47.4 Å². The number of nitrogens with one attached hydrogen (secondary N) is 1. The standard InChI is InChI=1S/C30H41FN4O7S/c1-21-18-35(22(2)20-36)30(38)17-23-16-25(32-29(37)10-11-34-12-14-41-15-13-34)6-9-27(23)42-28(21)19-33(3)43(39,40)26-7-4-24(31)5-8-26/h4-9,16,21-22,28,36H,10-15,17-20H2,1-3H3,(H,32,37)/t21-,22+,28-/m0/s1. The SMILES string of the molecule is C[C@H](CO)N1C[C@H](C)[C@H](CN(C)S(=O)(=O)c2ccc(F)cc2)Oc2ccc(NC(=O)CCN3CCOCC3)cc2CC1=O. The van der Waals surface area contributed by atoms with E-state index in [4.69, 9.17) is 9.47 Å². The first-order chi connectivity index (χ1) is 20.5. The maximum atomic E-state index is 13.5. The molecule has 1 fully saturated rings. The lowest BCUT2D eigenvalue weighted by molar-refractivity contribution is -0.134. The first-order valence-corrected chi connectivity index (χ1v) is 15.9. The number of anilines is 1. The third kappa shape index (κ3) is 8.51. The molecule has 0 spiro atoms. The molecule has 4 rings (SSSR count). The summed E-state index contributed by atoms with van der Waals surface area (Å²) >= 11 is 0. The molecular weight excluding hydrogens is 579 g/mol. The van der Waals surface area contributed by atoms with Crippen LogP contribution in [-0.2, 0) is 30.8 Å². The largest absolute Gasteiger partial charge is 0.488 e. The zero-order valence-electron chi connectivity index (χ0n) is 24.9. The molecule has 2 amide bonds. The molecule has 2 aliphatic rings. The van der Waals surface area contributed by atoms with Crippen molar-refractivity contribution in [2.45, 2.75) is 43.7 Å². The van der Waals surface area contributed by atoms with Crippen molar-refractivity contribution in [3.63, 3.8) is 0 Å². The first-order valence-electron chi connectivity index (χ1n) is 14.5. The number of likely N-dealkylation sites (N-methyl/N-ethyl adjacent to an activating group) is 1. The summed E-state index contributed by atoms with van der Waals surface area (Å²) in [7, 11) is -2.53. The average Bonchev–Trinajstić information content (AvgIpc) is 3.03. The highest BCUT2D eigenvalue weighted by Gasteiger charge is 2.33. The van der Waals surface area contributed by atoms with Crippen molar-refractivity contribution in [2.24, 2.45) is 5.92 Å². The fourth-order valence-corrected chi connectivity index (χ4v) is 6.35. The van der Waals surface area contributed by atoms with Gasteiger partial charge in [0.15, 0.2) is 0 Å². The van der Waals surface area contributed by atoms with Crippen molar-refractivity contribution < 1.29 is 37.0 Å². The van der Waals surface area contributed by atoms with E-state index in [9.17, 15) is 27.5 Å². The third-order valence-corrected chi connectivity index (χ3v) is 9.76. The van der Waals surface area contributed by atoms with Crippen LogP contribution in [0.3, 0.4) is 0 Å². The highest BCUT2D eigenvalue weighted by molar-refractivity contribution is 7.89. The van der Waals surface area contributed by atoms with Crippen LogP contribution in [-0.4, -0.2) is 111 Å². The van der Waals surface area contributed by atoms with Gasteiger partial charge in [-0.15, -0.1) is 0 Å². The number of hydrogen-bond donors (Lipinski definition) is 2. The number of nitrogens with zero attached hydrogens (tertiary/aromatic N) is 3.